The molecule has 2 aromatic rings. The van der Waals surface area contributed by atoms with Crippen LogP contribution < -0.4 is 10.5 Å². The first kappa shape index (κ1) is 15.4. The van der Waals surface area contributed by atoms with Gasteiger partial charge in [0.05, 0.1) is 37.9 Å². The second-order valence-electron chi connectivity index (χ2n) is 4.10. The Morgan fingerprint density at radius 3 is 2.38 bits per heavy atom. The maximum Gasteiger partial charge on any atom is 0.262 e. The fraction of sp³-hybridized carbons (Fsp3) is 0. The molecular weight excluding hydrogens is 333 g/mol. The maximum absolute atomic E-state index is 12.2. The average molecular weight is 342 g/mol. The first-order chi connectivity index (χ1) is 9.83. The van der Waals surface area contributed by atoms with Gasteiger partial charge in [0.2, 0.25) is 0 Å². The van der Waals surface area contributed by atoms with Crippen molar-refractivity contribution in [3.63, 3.8) is 0 Å². The van der Waals surface area contributed by atoms with Gasteiger partial charge in [-0.15, -0.1) is 0 Å². The predicted molar refractivity (Wildman–Crippen MR) is 82.8 cm³/mol. The first-order valence-electron chi connectivity index (χ1n) is 5.61. The van der Waals surface area contributed by atoms with E-state index in [1.165, 1.54) is 36.4 Å². The average Bonchev–Trinajstić information content (AvgIpc) is 2.43. The summed E-state index contributed by atoms with van der Waals surface area (Å²) >= 11 is 11.6. The van der Waals surface area contributed by atoms with Gasteiger partial charge < -0.3 is 5.73 Å². The van der Waals surface area contributed by atoms with E-state index in [0.29, 0.717) is 5.56 Å². The van der Waals surface area contributed by atoms with Crippen LogP contribution in [-0.4, -0.2) is 8.42 Å². The highest BCUT2D eigenvalue weighted by molar-refractivity contribution is 7.92. The van der Waals surface area contributed by atoms with Gasteiger partial charge in [-0.3, -0.25) is 4.72 Å². The monoisotopic (exact) mass is 341 g/mol. The van der Waals surface area contributed by atoms with E-state index in [1.807, 2.05) is 6.07 Å². The fourth-order valence-electron chi connectivity index (χ4n) is 1.57. The van der Waals surface area contributed by atoms with Crippen molar-refractivity contribution in [2.24, 2.45) is 0 Å². The minimum Gasteiger partial charge on any atom is -0.397 e. The Labute approximate surface area is 132 Å². The van der Waals surface area contributed by atoms with Gasteiger partial charge in [-0.1, -0.05) is 23.2 Å². The number of benzene rings is 2. The van der Waals surface area contributed by atoms with E-state index in [0.717, 1.165) is 0 Å². The number of halogens is 2. The van der Waals surface area contributed by atoms with Crippen LogP contribution in [-0.2, 0) is 10.0 Å². The van der Waals surface area contributed by atoms with E-state index in [9.17, 15) is 8.42 Å². The summed E-state index contributed by atoms with van der Waals surface area (Å²) in [6, 6.07) is 10.1. The molecule has 0 amide bonds. The van der Waals surface area contributed by atoms with E-state index in [-0.39, 0.29) is 26.3 Å². The molecule has 3 N–H and O–H groups in total. The van der Waals surface area contributed by atoms with Crippen molar-refractivity contribution in [2.45, 2.75) is 4.90 Å². The maximum atomic E-state index is 12.2. The van der Waals surface area contributed by atoms with Crippen molar-refractivity contribution in [1.82, 2.24) is 0 Å². The van der Waals surface area contributed by atoms with Crippen LogP contribution in [0.5, 0.6) is 0 Å². The molecule has 0 aliphatic heterocycles. The summed E-state index contributed by atoms with van der Waals surface area (Å²) in [4.78, 5) is -0.0411. The Balaban J connectivity index is 2.37. The summed E-state index contributed by atoms with van der Waals surface area (Å²) < 4.78 is 26.8. The quantitative estimate of drug-likeness (QED) is 0.837. The third kappa shape index (κ3) is 3.39. The number of nitrogens with two attached hydrogens (primary N) is 1. The van der Waals surface area contributed by atoms with Crippen LogP contribution in [0.1, 0.15) is 5.56 Å². The van der Waals surface area contributed by atoms with Crippen LogP contribution in [0.2, 0.25) is 10.0 Å². The number of hydrogen-bond donors (Lipinski definition) is 2. The normalized spacial score (nSPS) is 10.9. The number of nitrogen functional groups attached to an aromatic ring is 1. The molecule has 0 saturated carbocycles. The van der Waals surface area contributed by atoms with Crippen molar-refractivity contribution >= 4 is 44.6 Å². The van der Waals surface area contributed by atoms with Crippen LogP contribution in [0.15, 0.2) is 41.3 Å². The molecule has 2 rings (SSSR count). The summed E-state index contributed by atoms with van der Waals surface area (Å²) in [7, 11) is -3.85. The van der Waals surface area contributed by atoms with E-state index in [4.69, 9.17) is 34.2 Å². The molecule has 5 nitrogen and oxygen atoms in total. The second kappa shape index (κ2) is 5.82. The third-order valence-corrected chi connectivity index (χ3v) is 4.73. The lowest BCUT2D eigenvalue weighted by Gasteiger charge is -2.11. The van der Waals surface area contributed by atoms with Gasteiger partial charge in [-0.05, 0) is 36.4 Å². The van der Waals surface area contributed by atoms with Gasteiger partial charge in [0, 0.05) is 0 Å². The molecule has 0 aliphatic rings. The summed E-state index contributed by atoms with van der Waals surface area (Å²) in [6.07, 6.45) is 0. The van der Waals surface area contributed by atoms with Crippen LogP contribution in [0.25, 0.3) is 0 Å². The Kier molecular flexibility index (Phi) is 4.28. The molecule has 0 fully saturated rings. The Morgan fingerprint density at radius 2 is 1.81 bits per heavy atom. The lowest BCUT2D eigenvalue weighted by atomic mass is 10.2. The summed E-state index contributed by atoms with van der Waals surface area (Å²) in [5, 5.41) is 9.14. The summed E-state index contributed by atoms with van der Waals surface area (Å²) in [6.45, 7) is 0. The van der Waals surface area contributed by atoms with Gasteiger partial charge in [0.15, 0.2) is 0 Å². The molecule has 108 valence electrons. The van der Waals surface area contributed by atoms with Crippen molar-refractivity contribution in [1.29, 1.82) is 5.26 Å². The Bertz CT molecular complexity index is 845. The highest BCUT2D eigenvalue weighted by Gasteiger charge is 2.17. The zero-order valence-electron chi connectivity index (χ0n) is 10.5. The molecule has 0 atom stereocenters. The molecule has 8 heteroatoms. The number of anilines is 2. The second-order valence-corrected chi connectivity index (χ2v) is 6.59. The molecule has 2 aromatic carbocycles. The van der Waals surface area contributed by atoms with E-state index in [2.05, 4.69) is 4.72 Å². The molecule has 0 saturated heterocycles. The van der Waals surface area contributed by atoms with Gasteiger partial charge in [0.25, 0.3) is 10.0 Å². The number of nitrogens with zero attached hydrogens (tertiary/aromatic N) is 1. The van der Waals surface area contributed by atoms with E-state index in [1.54, 1.807) is 0 Å². The lowest BCUT2D eigenvalue weighted by molar-refractivity contribution is 0.601. The number of hydrogen-bond acceptors (Lipinski definition) is 4. The molecule has 0 radical (unpaired) electrons. The highest BCUT2D eigenvalue weighted by atomic mass is 35.5. The van der Waals surface area contributed by atoms with E-state index >= 15 is 0 Å². The molecule has 0 aromatic heterocycles. The van der Waals surface area contributed by atoms with Crippen LogP contribution in [0.3, 0.4) is 0 Å². The molecule has 0 unspecified atom stereocenters. The molecule has 0 spiro atoms. The largest absolute Gasteiger partial charge is 0.397 e. The van der Waals surface area contributed by atoms with Crippen LogP contribution in [0, 0.1) is 11.3 Å². The van der Waals surface area contributed by atoms with Crippen LogP contribution >= 0.6 is 23.2 Å². The minimum atomic E-state index is -3.85. The minimum absolute atomic E-state index is 0.0411. The Morgan fingerprint density at radius 1 is 1.10 bits per heavy atom. The van der Waals surface area contributed by atoms with Gasteiger partial charge in [-0.25, -0.2) is 8.42 Å². The lowest BCUT2D eigenvalue weighted by Crippen LogP contribution is -2.14. The van der Waals surface area contributed by atoms with Crippen LogP contribution in [0.4, 0.5) is 11.4 Å². The third-order valence-electron chi connectivity index (χ3n) is 2.63. The van der Waals surface area contributed by atoms with Crippen molar-refractivity contribution < 1.29 is 8.42 Å². The summed E-state index contributed by atoms with van der Waals surface area (Å²) in [5.74, 6) is 0. The molecule has 0 aliphatic carbocycles. The topological polar surface area (TPSA) is 96.0 Å². The number of sulfonamides is 1. The van der Waals surface area contributed by atoms with Gasteiger partial charge in [-0.2, -0.15) is 5.26 Å². The first-order valence-corrected chi connectivity index (χ1v) is 7.85. The highest BCUT2D eigenvalue weighted by Crippen LogP contribution is 2.27. The van der Waals surface area contributed by atoms with Gasteiger partial charge in [0.1, 0.15) is 0 Å². The molecule has 0 bridgehead atoms. The fourth-order valence-corrected chi connectivity index (χ4v) is 3.05. The smallest absolute Gasteiger partial charge is 0.262 e. The molecule has 0 heterocycles. The van der Waals surface area contributed by atoms with E-state index < -0.39 is 10.0 Å². The summed E-state index contributed by atoms with van der Waals surface area (Å²) in [5.41, 5.74) is 6.38. The van der Waals surface area contributed by atoms with Crippen molar-refractivity contribution in [2.75, 3.05) is 10.5 Å². The van der Waals surface area contributed by atoms with Gasteiger partial charge >= 0.3 is 0 Å². The molecular formula is C13H9Cl2N3O2S. The Hall–Kier alpha value is -1.94. The predicted octanol–water partition coefficient (Wildman–Crippen LogP) is 3.25. The number of rotatable bonds is 3. The van der Waals surface area contributed by atoms with Crippen molar-refractivity contribution in [3.8, 4) is 6.07 Å². The SMILES string of the molecule is N#Cc1ccc(NS(=O)(=O)c2ccc(Cl)c(Cl)c2)c(N)c1. The zero-order chi connectivity index (χ0) is 15.6. The van der Waals surface area contributed by atoms with Crippen molar-refractivity contribution in [3.05, 3.63) is 52.0 Å². The number of nitrogens with one attached hydrogen (secondary N) is 1. The standard InChI is InChI=1S/C13H9Cl2N3O2S/c14-10-3-2-9(6-11(10)15)21(19,20)18-13-4-1-8(7-16)5-12(13)17/h1-6,18H,17H2. The zero-order valence-corrected chi connectivity index (χ0v) is 12.8. The molecule has 21 heavy (non-hydrogen) atoms. The number of nitriles is 1.